The minimum atomic E-state index is -5.27. The summed E-state index contributed by atoms with van der Waals surface area (Å²) in [5.41, 5.74) is 1.82. The first kappa shape index (κ1) is 25.5. The van der Waals surface area contributed by atoms with Gasteiger partial charge in [-0.25, -0.2) is 4.31 Å². The summed E-state index contributed by atoms with van der Waals surface area (Å²) in [5.74, 6) is -1.59. The van der Waals surface area contributed by atoms with Crippen LogP contribution < -0.4 is 5.32 Å². The zero-order valence-corrected chi connectivity index (χ0v) is 19.7. The van der Waals surface area contributed by atoms with Crippen LogP contribution in [-0.4, -0.2) is 55.3 Å². The molecule has 0 spiro atoms. The quantitative estimate of drug-likeness (QED) is 0.555. The monoisotopic (exact) mass is 501 g/mol. The fourth-order valence-electron chi connectivity index (χ4n) is 3.57. The van der Waals surface area contributed by atoms with E-state index in [2.05, 4.69) is 5.32 Å². The SMILES string of the molecule is CCCN(C(=O)C(F)(F)F)S(=O)(=O)N1CCNCC1c1ccc(SCc2ccccc2)cc1. The topological polar surface area (TPSA) is 69.7 Å². The van der Waals surface area contributed by atoms with Crippen LogP contribution >= 0.6 is 11.8 Å². The van der Waals surface area contributed by atoms with Crippen molar-refractivity contribution in [1.29, 1.82) is 0 Å². The summed E-state index contributed by atoms with van der Waals surface area (Å²) in [6, 6.07) is 16.5. The number of hydrogen-bond donors (Lipinski definition) is 1. The van der Waals surface area contributed by atoms with Gasteiger partial charge in [-0.15, -0.1) is 11.8 Å². The zero-order valence-electron chi connectivity index (χ0n) is 18.1. The van der Waals surface area contributed by atoms with E-state index in [4.69, 9.17) is 0 Å². The van der Waals surface area contributed by atoms with Gasteiger partial charge in [0.25, 0.3) is 0 Å². The molecule has 0 saturated carbocycles. The van der Waals surface area contributed by atoms with Crippen molar-refractivity contribution in [3.8, 4) is 0 Å². The van der Waals surface area contributed by atoms with Crippen LogP contribution in [0.3, 0.4) is 0 Å². The lowest BCUT2D eigenvalue weighted by Crippen LogP contribution is -2.56. The van der Waals surface area contributed by atoms with Crippen LogP contribution in [0.4, 0.5) is 13.2 Å². The van der Waals surface area contributed by atoms with Crippen molar-refractivity contribution >= 4 is 27.9 Å². The number of nitrogens with zero attached hydrogens (tertiary/aromatic N) is 2. The maximum atomic E-state index is 13.2. The molecule has 1 fully saturated rings. The smallest absolute Gasteiger partial charge is 0.313 e. The number of benzene rings is 2. The van der Waals surface area contributed by atoms with E-state index >= 15 is 0 Å². The minimum absolute atomic E-state index is 0.0388. The number of rotatable bonds is 8. The molecule has 0 radical (unpaired) electrons. The van der Waals surface area contributed by atoms with Crippen molar-refractivity contribution in [3.05, 3.63) is 65.7 Å². The lowest BCUT2D eigenvalue weighted by Gasteiger charge is -2.38. The highest BCUT2D eigenvalue weighted by atomic mass is 32.2. The van der Waals surface area contributed by atoms with E-state index in [1.807, 2.05) is 42.5 Å². The molecule has 33 heavy (non-hydrogen) atoms. The number of thioether (sulfide) groups is 1. The Morgan fingerprint density at radius 1 is 1.15 bits per heavy atom. The summed E-state index contributed by atoms with van der Waals surface area (Å²) in [6.07, 6.45) is -5.20. The van der Waals surface area contributed by atoms with Crippen LogP contribution in [-0.2, 0) is 20.8 Å². The fourth-order valence-corrected chi connectivity index (χ4v) is 6.24. The molecule has 1 aliphatic rings. The normalized spacial score (nSPS) is 17.6. The van der Waals surface area contributed by atoms with Crippen LogP contribution in [0.15, 0.2) is 59.5 Å². The molecule has 1 unspecified atom stereocenters. The van der Waals surface area contributed by atoms with Crippen molar-refractivity contribution in [2.45, 2.75) is 36.2 Å². The highest BCUT2D eigenvalue weighted by Crippen LogP contribution is 2.31. The van der Waals surface area contributed by atoms with E-state index in [1.54, 1.807) is 23.9 Å². The maximum absolute atomic E-state index is 13.2. The second-order valence-electron chi connectivity index (χ2n) is 7.56. The number of alkyl halides is 3. The number of hydrogen-bond acceptors (Lipinski definition) is 5. The predicted molar refractivity (Wildman–Crippen MR) is 122 cm³/mol. The van der Waals surface area contributed by atoms with Gasteiger partial charge in [0.1, 0.15) is 0 Å². The molecular weight excluding hydrogens is 475 g/mol. The first-order valence-corrected chi connectivity index (χ1v) is 12.9. The van der Waals surface area contributed by atoms with Gasteiger partial charge in [0.05, 0.1) is 6.04 Å². The summed E-state index contributed by atoms with van der Waals surface area (Å²) in [4.78, 5) is 12.9. The predicted octanol–water partition coefficient (Wildman–Crippen LogP) is 3.97. The third-order valence-electron chi connectivity index (χ3n) is 5.18. The van der Waals surface area contributed by atoms with E-state index in [9.17, 15) is 26.4 Å². The first-order chi connectivity index (χ1) is 15.6. The molecule has 1 N–H and O–H groups in total. The molecular formula is C22H26F3N3O3S2. The van der Waals surface area contributed by atoms with Crippen molar-refractivity contribution < 1.29 is 26.4 Å². The molecule has 3 rings (SSSR count). The van der Waals surface area contributed by atoms with Crippen LogP contribution in [0.5, 0.6) is 0 Å². The van der Waals surface area contributed by atoms with E-state index in [0.717, 1.165) is 15.0 Å². The number of carbonyl (C=O) groups is 1. The standard InChI is InChI=1S/C22H26F3N3O3S2/c1-2-13-28(21(29)22(23,24)25)33(30,31)27-14-12-26-15-20(27)18-8-10-19(11-9-18)32-16-17-6-4-3-5-7-17/h3-11,20,26H,2,12-16H2,1H3. The summed E-state index contributed by atoms with van der Waals surface area (Å²) in [5, 5.41) is 3.09. The van der Waals surface area contributed by atoms with E-state index in [0.29, 0.717) is 5.56 Å². The van der Waals surface area contributed by atoms with Crippen LogP contribution in [0, 0.1) is 0 Å². The van der Waals surface area contributed by atoms with Crippen molar-refractivity contribution in [2.75, 3.05) is 26.2 Å². The second kappa shape index (κ2) is 10.9. The molecule has 2 aromatic carbocycles. The lowest BCUT2D eigenvalue weighted by molar-refractivity contribution is -0.180. The Balaban J connectivity index is 1.80. The third-order valence-corrected chi connectivity index (χ3v) is 8.20. The second-order valence-corrected chi connectivity index (χ2v) is 10.4. The van der Waals surface area contributed by atoms with Gasteiger partial charge in [0.15, 0.2) is 0 Å². The van der Waals surface area contributed by atoms with Crippen LogP contribution in [0.25, 0.3) is 0 Å². The Morgan fingerprint density at radius 3 is 2.42 bits per heavy atom. The molecule has 2 aromatic rings. The summed E-state index contributed by atoms with van der Waals surface area (Å²) < 4.78 is 66.6. The molecule has 0 aliphatic carbocycles. The first-order valence-electron chi connectivity index (χ1n) is 10.5. The highest BCUT2D eigenvalue weighted by Gasteiger charge is 2.49. The largest absolute Gasteiger partial charge is 0.472 e. The molecule has 1 atom stereocenters. The van der Waals surface area contributed by atoms with Gasteiger partial charge in [-0.2, -0.15) is 25.9 Å². The van der Waals surface area contributed by atoms with E-state index < -0.39 is 34.9 Å². The van der Waals surface area contributed by atoms with Crippen LogP contribution in [0.2, 0.25) is 0 Å². The van der Waals surface area contributed by atoms with E-state index in [1.165, 1.54) is 12.5 Å². The third kappa shape index (κ3) is 6.28. The van der Waals surface area contributed by atoms with E-state index in [-0.39, 0.29) is 30.4 Å². The Labute approximate surface area is 196 Å². The lowest BCUT2D eigenvalue weighted by atomic mass is 10.1. The highest BCUT2D eigenvalue weighted by molar-refractivity contribution is 7.98. The Kier molecular flexibility index (Phi) is 8.43. The van der Waals surface area contributed by atoms with Gasteiger partial charge >= 0.3 is 22.3 Å². The van der Waals surface area contributed by atoms with Gasteiger partial charge in [0, 0.05) is 36.8 Å². The summed E-state index contributed by atoms with van der Waals surface area (Å²) in [6.45, 7) is 1.46. The molecule has 1 heterocycles. The number of nitrogens with one attached hydrogen (secondary N) is 1. The zero-order chi connectivity index (χ0) is 24.1. The summed E-state index contributed by atoms with van der Waals surface area (Å²) >= 11 is 1.63. The Hall–Kier alpha value is -2.08. The molecule has 1 amide bonds. The summed E-state index contributed by atoms with van der Waals surface area (Å²) in [7, 11) is -4.67. The molecule has 1 saturated heterocycles. The maximum Gasteiger partial charge on any atom is 0.472 e. The van der Waals surface area contributed by atoms with Gasteiger partial charge in [-0.1, -0.05) is 49.4 Å². The molecule has 0 aromatic heterocycles. The number of halogens is 3. The Bertz CT molecular complexity index is 1030. The number of piperazine rings is 1. The van der Waals surface area contributed by atoms with Gasteiger partial charge in [-0.3, -0.25) is 4.79 Å². The molecule has 1 aliphatic heterocycles. The number of amides is 1. The average Bonchev–Trinajstić information content (AvgIpc) is 2.81. The Morgan fingerprint density at radius 2 is 1.82 bits per heavy atom. The van der Waals surface area contributed by atoms with Crippen LogP contribution in [0.1, 0.15) is 30.5 Å². The van der Waals surface area contributed by atoms with Crippen molar-refractivity contribution in [3.63, 3.8) is 0 Å². The molecule has 11 heteroatoms. The molecule has 0 bridgehead atoms. The molecule has 6 nitrogen and oxygen atoms in total. The van der Waals surface area contributed by atoms with Gasteiger partial charge in [-0.05, 0) is 29.7 Å². The average molecular weight is 502 g/mol. The fraction of sp³-hybridized carbons (Fsp3) is 0.409. The minimum Gasteiger partial charge on any atom is -0.313 e. The molecule has 180 valence electrons. The van der Waals surface area contributed by atoms with Crippen molar-refractivity contribution in [1.82, 2.24) is 13.9 Å². The van der Waals surface area contributed by atoms with Crippen molar-refractivity contribution in [2.24, 2.45) is 0 Å². The number of carbonyl (C=O) groups excluding carboxylic acids is 1. The van der Waals surface area contributed by atoms with Gasteiger partial charge < -0.3 is 5.32 Å². The van der Waals surface area contributed by atoms with Gasteiger partial charge in [0.2, 0.25) is 0 Å².